The van der Waals surface area contributed by atoms with Crippen molar-refractivity contribution in [1.29, 1.82) is 0 Å². The van der Waals surface area contributed by atoms with Gasteiger partial charge in [-0.25, -0.2) is 9.36 Å². The van der Waals surface area contributed by atoms with Gasteiger partial charge in [-0.3, -0.25) is 4.79 Å². The molecule has 1 rings (SSSR count). The van der Waals surface area contributed by atoms with Crippen LogP contribution in [-0.2, 0) is 18.0 Å². The van der Waals surface area contributed by atoms with Gasteiger partial charge >= 0.3 is 5.69 Å². The fourth-order valence-electron chi connectivity index (χ4n) is 1.22. The standard InChI is InChI=1S/C9H14N2O3/c1-3-5-10-6-4-8(12)11(7-14-2)9(10)13/h4,6H,3,5,7H2,1-2H3. The summed E-state index contributed by atoms with van der Waals surface area (Å²) in [6.07, 6.45) is 2.37. The van der Waals surface area contributed by atoms with Crippen molar-refractivity contribution >= 4 is 0 Å². The van der Waals surface area contributed by atoms with Crippen molar-refractivity contribution in [3.05, 3.63) is 33.1 Å². The molecule has 5 nitrogen and oxygen atoms in total. The lowest BCUT2D eigenvalue weighted by atomic mass is 10.4. The van der Waals surface area contributed by atoms with Crippen LogP contribution in [0.1, 0.15) is 13.3 Å². The van der Waals surface area contributed by atoms with E-state index in [0.29, 0.717) is 6.54 Å². The van der Waals surface area contributed by atoms with E-state index in [1.165, 1.54) is 23.9 Å². The van der Waals surface area contributed by atoms with Gasteiger partial charge in [-0.15, -0.1) is 0 Å². The molecule has 78 valence electrons. The summed E-state index contributed by atoms with van der Waals surface area (Å²) in [5.41, 5.74) is -0.648. The van der Waals surface area contributed by atoms with Crippen LogP contribution in [0.15, 0.2) is 21.9 Å². The van der Waals surface area contributed by atoms with E-state index in [1.807, 2.05) is 6.92 Å². The van der Waals surface area contributed by atoms with E-state index in [2.05, 4.69) is 0 Å². The highest BCUT2D eigenvalue weighted by molar-refractivity contribution is 4.85. The predicted octanol–water partition coefficient (Wildman–Crippen LogP) is 0.0239. The SMILES string of the molecule is CCCn1ccc(=O)n(COC)c1=O. The number of hydrogen-bond donors (Lipinski definition) is 0. The van der Waals surface area contributed by atoms with Gasteiger partial charge in [0, 0.05) is 25.9 Å². The van der Waals surface area contributed by atoms with E-state index < -0.39 is 0 Å². The highest BCUT2D eigenvalue weighted by atomic mass is 16.5. The molecule has 0 unspecified atom stereocenters. The number of ether oxygens (including phenoxy) is 1. The Bertz CT molecular complexity index is 405. The van der Waals surface area contributed by atoms with Crippen molar-refractivity contribution in [2.45, 2.75) is 26.6 Å². The third kappa shape index (κ3) is 2.11. The first-order chi connectivity index (χ1) is 6.70. The lowest BCUT2D eigenvalue weighted by Gasteiger charge is -2.07. The predicted molar refractivity (Wildman–Crippen MR) is 52.3 cm³/mol. The Kier molecular flexibility index (Phi) is 3.64. The molecule has 0 radical (unpaired) electrons. The maximum absolute atomic E-state index is 11.6. The maximum atomic E-state index is 11.6. The summed E-state index contributed by atoms with van der Waals surface area (Å²) in [5, 5.41) is 0. The molecule has 1 heterocycles. The minimum absolute atomic E-state index is 0.00220. The van der Waals surface area contributed by atoms with Gasteiger partial charge in [-0.2, -0.15) is 0 Å². The molecule has 0 saturated heterocycles. The Morgan fingerprint density at radius 2 is 2.14 bits per heavy atom. The second kappa shape index (κ2) is 4.76. The monoisotopic (exact) mass is 198 g/mol. The van der Waals surface area contributed by atoms with Gasteiger partial charge in [0.15, 0.2) is 0 Å². The van der Waals surface area contributed by atoms with Crippen molar-refractivity contribution < 1.29 is 4.74 Å². The second-order valence-corrected chi connectivity index (χ2v) is 2.98. The van der Waals surface area contributed by atoms with Gasteiger partial charge in [0.1, 0.15) is 6.73 Å². The third-order valence-corrected chi connectivity index (χ3v) is 1.86. The molecule has 0 aromatic carbocycles. The lowest BCUT2D eigenvalue weighted by molar-refractivity contribution is 0.122. The van der Waals surface area contributed by atoms with Gasteiger partial charge in [0.05, 0.1) is 0 Å². The van der Waals surface area contributed by atoms with Gasteiger partial charge in [0.2, 0.25) is 0 Å². The summed E-state index contributed by atoms with van der Waals surface area (Å²) < 4.78 is 7.34. The molecular weight excluding hydrogens is 184 g/mol. The van der Waals surface area contributed by atoms with Crippen LogP contribution in [-0.4, -0.2) is 16.2 Å². The molecule has 14 heavy (non-hydrogen) atoms. The summed E-state index contributed by atoms with van der Waals surface area (Å²) in [4.78, 5) is 22.9. The van der Waals surface area contributed by atoms with Crippen molar-refractivity contribution in [3.8, 4) is 0 Å². The summed E-state index contributed by atoms with van der Waals surface area (Å²) in [5.74, 6) is 0. The molecular formula is C9H14N2O3. The number of methoxy groups -OCH3 is 1. The molecule has 1 aromatic heterocycles. The van der Waals surface area contributed by atoms with Gasteiger partial charge in [-0.05, 0) is 6.42 Å². The Morgan fingerprint density at radius 3 is 2.71 bits per heavy atom. The number of nitrogens with zero attached hydrogens (tertiary/aromatic N) is 2. The van der Waals surface area contributed by atoms with Crippen molar-refractivity contribution in [1.82, 2.24) is 9.13 Å². The Balaban J connectivity index is 3.19. The Hall–Kier alpha value is -1.36. The zero-order valence-electron chi connectivity index (χ0n) is 8.40. The summed E-state index contributed by atoms with van der Waals surface area (Å²) in [6.45, 7) is 2.59. The first-order valence-electron chi connectivity index (χ1n) is 4.50. The molecule has 0 bridgehead atoms. The van der Waals surface area contributed by atoms with Crippen molar-refractivity contribution in [3.63, 3.8) is 0 Å². The van der Waals surface area contributed by atoms with Crippen LogP contribution in [0.25, 0.3) is 0 Å². The van der Waals surface area contributed by atoms with E-state index in [4.69, 9.17) is 4.74 Å². The fourth-order valence-corrected chi connectivity index (χ4v) is 1.22. The molecule has 0 aliphatic rings. The topological polar surface area (TPSA) is 53.2 Å². The fraction of sp³-hybridized carbons (Fsp3) is 0.556. The number of aryl methyl sites for hydroxylation is 1. The average Bonchev–Trinajstić information content (AvgIpc) is 2.17. The molecule has 1 aromatic rings. The van der Waals surface area contributed by atoms with E-state index in [0.717, 1.165) is 11.0 Å². The number of rotatable bonds is 4. The smallest absolute Gasteiger partial charge is 0.332 e. The highest BCUT2D eigenvalue weighted by Crippen LogP contribution is 1.83. The van der Waals surface area contributed by atoms with Crippen molar-refractivity contribution in [2.24, 2.45) is 0 Å². The lowest BCUT2D eigenvalue weighted by Crippen LogP contribution is -2.39. The van der Waals surface area contributed by atoms with Gasteiger partial charge in [0.25, 0.3) is 5.56 Å². The Labute approximate surface area is 81.6 Å². The highest BCUT2D eigenvalue weighted by Gasteiger charge is 2.02. The summed E-state index contributed by atoms with van der Waals surface area (Å²) in [7, 11) is 1.45. The van der Waals surface area contributed by atoms with Crippen LogP contribution in [0.2, 0.25) is 0 Å². The Morgan fingerprint density at radius 1 is 1.43 bits per heavy atom. The summed E-state index contributed by atoms with van der Waals surface area (Å²) in [6, 6.07) is 1.37. The molecule has 0 atom stereocenters. The van der Waals surface area contributed by atoms with Gasteiger partial charge < -0.3 is 9.30 Å². The molecule has 0 aliphatic heterocycles. The molecule has 5 heteroatoms. The zero-order valence-corrected chi connectivity index (χ0v) is 8.40. The van der Waals surface area contributed by atoms with Crippen LogP contribution in [0.4, 0.5) is 0 Å². The minimum Gasteiger partial charge on any atom is -0.364 e. The largest absolute Gasteiger partial charge is 0.364 e. The maximum Gasteiger partial charge on any atom is 0.332 e. The minimum atomic E-state index is -0.329. The van der Waals surface area contributed by atoms with Gasteiger partial charge in [-0.1, -0.05) is 6.92 Å². The molecule has 0 N–H and O–H groups in total. The third-order valence-electron chi connectivity index (χ3n) is 1.86. The van der Waals surface area contributed by atoms with Crippen LogP contribution >= 0.6 is 0 Å². The molecule has 0 saturated carbocycles. The van der Waals surface area contributed by atoms with Crippen LogP contribution in [0.5, 0.6) is 0 Å². The van der Waals surface area contributed by atoms with E-state index in [9.17, 15) is 9.59 Å². The van der Waals surface area contributed by atoms with Crippen molar-refractivity contribution in [2.75, 3.05) is 7.11 Å². The van der Waals surface area contributed by atoms with Crippen LogP contribution in [0.3, 0.4) is 0 Å². The van der Waals surface area contributed by atoms with E-state index in [-0.39, 0.29) is 18.0 Å². The van der Waals surface area contributed by atoms with Crippen LogP contribution in [0, 0.1) is 0 Å². The number of hydrogen-bond acceptors (Lipinski definition) is 3. The van der Waals surface area contributed by atoms with E-state index in [1.54, 1.807) is 0 Å². The normalized spacial score (nSPS) is 10.4. The molecule has 0 fully saturated rings. The van der Waals surface area contributed by atoms with Crippen LogP contribution < -0.4 is 11.2 Å². The first kappa shape index (κ1) is 10.7. The first-order valence-corrected chi connectivity index (χ1v) is 4.50. The average molecular weight is 198 g/mol. The number of aromatic nitrogens is 2. The zero-order chi connectivity index (χ0) is 10.6. The van der Waals surface area contributed by atoms with E-state index >= 15 is 0 Å². The molecule has 0 aliphatic carbocycles. The molecule has 0 amide bonds. The molecule has 0 spiro atoms. The summed E-state index contributed by atoms with van der Waals surface area (Å²) >= 11 is 0. The quantitative estimate of drug-likeness (QED) is 0.685. The second-order valence-electron chi connectivity index (χ2n) is 2.98.